The average Bonchev–Trinajstić information content (AvgIpc) is 3.89. The van der Waals surface area contributed by atoms with Crippen LogP contribution < -0.4 is 0 Å². The molecule has 0 unspecified atom stereocenters. The van der Waals surface area contributed by atoms with Gasteiger partial charge in [0.25, 0.3) is 0 Å². The third-order valence-corrected chi connectivity index (χ3v) is 11.9. The van der Waals surface area contributed by atoms with Crippen molar-refractivity contribution in [2.45, 2.75) is 0 Å². The van der Waals surface area contributed by atoms with Gasteiger partial charge in [0.2, 0.25) is 0 Å². The Morgan fingerprint density at radius 2 is 0.710 bits per heavy atom. The van der Waals surface area contributed by atoms with Gasteiger partial charge >= 0.3 is 0 Å². The van der Waals surface area contributed by atoms with E-state index in [1.165, 1.54) is 0 Å². The largest absolute Gasteiger partial charge is 0.456 e. The summed E-state index contributed by atoms with van der Waals surface area (Å²) in [5.74, 6) is 1.79. The normalized spacial score (nSPS) is 11.5. The average molecular weight is 793 g/mol. The Morgan fingerprint density at radius 1 is 0.290 bits per heavy atom. The predicted octanol–water partition coefficient (Wildman–Crippen LogP) is 14.9. The van der Waals surface area contributed by atoms with E-state index in [9.17, 15) is 0 Å². The Hall–Kier alpha value is -8.41. The van der Waals surface area contributed by atoms with E-state index in [-0.39, 0.29) is 0 Å². The molecule has 0 fully saturated rings. The van der Waals surface area contributed by atoms with Gasteiger partial charge in [0.1, 0.15) is 11.2 Å². The lowest BCUT2D eigenvalue weighted by Gasteiger charge is -2.17. The van der Waals surface area contributed by atoms with Crippen LogP contribution in [0.15, 0.2) is 223 Å². The highest BCUT2D eigenvalue weighted by molar-refractivity contribution is 6.12. The SMILES string of the molecule is c1ccc(-c2ccc3c4ccc(-c5ccccc5)cc4n(-c4ccc(-c5ccc6c(c5)oc5ccccc56)cc4-c4nc(-c5ccccc5)nc(-c5ccccc5)n4)c3c2)cc1. The van der Waals surface area contributed by atoms with Gasteiger partial charge in [-0.1, -0.05) is 176 Å². The molecule has 0 aliphatic heterocycles. The predicted molar refractivity (Wildman–Crippen MR) is 254 cm³/mol. The minimum absolute atomic E-state index is 0.577. The number of fused-ring (bicyclic) bond motifs is 6. The molecule has 0 spiro atoms. The highest BCUT2D eigenvalue weighted by Crippen LogP contribution is 2.41. The molecular weight excluding hydrogens is 757 g/mol. The van der Waals surface area contributed by atoms with Crippen molar-refractivity contribution in [2.75, 3.05) is 0 Å². The van der Waals surface area contributed by atoms with Crippen molar-refractivity contribution in [1.82, 2.24) is 19.5 Å². The van der Waals surface area contributed by atoms with E-state index in [2.05, 4.69) is 174 Å². The summed E-state index contributed by atoms with van der Waals surface area (Å²) in [6.45, 7) is 0. The summed E-state index contributed by atoms with van der Waals surface area (Å²) in [5.41, 5.74) is 14.2. The molecule has 0 aliphatic carbocycles. The van der Waals surface area contributed by atoms with Gasteiger partial charge in [0.05, 0.1) is 16.7 Å². The molecule has 0 saturated heterocycles. The zero-order valence-corrected chi connectivity index (χ0v) is 33.5. The van der Waals surface area contributed by atoms with Gasteiger partial charge < -0.3 is 8.98 Å². The number of aromatic nitrogens is 4. The van der Waals surface area contributed by atoms with Gasteiger partial charge in [-0.2, -0.15) is 0 Å². The molecule has 12 aromatic rings. The van der Waals surface area contributed by atoms with Crippen LogP contribution in [0.3, 0.4) is 0 Å². The lowest BCUT2D eigenvalue weighted by Crippen LogP contribution is -2.04. The summed E-state index contributed by atoms with van der Waals surface area (Å²) < 4.78 is 8.80. The molecule has 9 aromatic carbocycles. The van der Waals surface area contributed by atoms with Crippen LogP contribution in [0.1, 0.15) is 0 Å². The highest BCUT2D eigenvalue weighted by atomic mass is 16.3. The summed E-state index contributed by atoms with van der Waals surface area (Å²) in [6.07, 6.45) is 0. The number of benzene rings is 9. The minimum Gasteiger partial charge on any atom is -0.456 e. The van der Waals surface area contributed by atoms with E-state index < -0.39 is 0 Å². The Labute approximate surface area is 357 Å². The number of hydrogen-bond donors (Lipinski definition) is 0. The number of rotatable bonds is 7. The summed E-state index contributed by atoms with van der Waals surface area (Å²) in [5, 5.41) is 4.52. The first-order valence-corrected chi connectivity index (χ1v) is 20.8. The maximum absolute atomic E-state index is 6.40. The molecule has 0 radical (unpaired) electrons. The zero-order valence-electron chi connectivity index (χ0n) is 33.5. The van der Waals surface area contributed by atoms with Crippen LogP contribution in [0.4, 0.5) is 0 Å². The van der Waals surface area contributed by atoms with Crippen molar-refractivity contribution in [3.05, 3.63) is 218 Å². The molecule has 0 atom stereocenters. The summed E-state index contributed by atoms with van der Waals surface area (Å²) in [7, 11) is 0. The maximum atomic E-state index is 6.40. The number of hydrogen-bond acceptors (Lipinski definition) is 4. The second-order valence-electron chi connectivity index (χ2n) is 15.6. The van der Waals surface area contributed by atoms with Crippen LogP contribution in [-0.4, -0.2) is 19.5 Å². The minimum atomic E-state index is 0.577. The van der Waals surface area contributed by atoms with Gasteiger partial charge in [-0.05, 0) is 75.8 Å². The molecule has 5 nitrogen and oxygen atoms in total. The first-order chi connectivity index (χ1) is 30.7. The Kier molecular flexibility index (Phi) is 8.42. The summed E-state index contributed by atoms with van der Waals surface area (Å²) in [4.78, 5) is 15.7. The molecule has 0 bridgehead atoms. The van der Waals surface area contributed by atoms with Crippen molar-refractivity contribution in [3.63, 3.8) is 0 Å². The Morgan fingerprint density at radius 3 is 1.27 bits per heavy atom. The molecule has 62 heavy (non-hydrogen) atoms. The van der Waals surface area contributed by atoms with Crippen molar-refractivity contribution < 1.29 is 4.42 Å². The van der Waals surface area contributed by atoms with E-state index in [0.717, 1.165) is 99.5 Å². The van der Waals surface area contributed by atoms with Crippen molar-refractivity contribution in [1.29, 1.82) is 0 Å². The van der Waals surface area contributed by atoms with Crippen LogP contribution in [0.25, 0.3) is 117 Å². The molecule has 3 aromatic heterocycles. The zero-order chi connectivity index (χ0) is 41.0. The molecule has 0 N–H and O–H groups in total. The second-order valence-corrected chi connectivity index (χ2v) is 15.6. The molecule has 0 aliphatic rings. The number of para-hydroxylation sites is 1. The molecule has 290 valence electrons. The van der Waals surface area contributed by atoms with Crippen LogP contribution in [0.2, 0.25) is 0 Å². The molecule has 0 saturated carbocycles. The smallest absolute Gasteiger partial charge is 0.166 e. The third-order valence-electron chi connectivity index (χ3n) is 11.9. The lowest BCUT2D eigenvalue weighted by molar-refractivity contribution is 0.669. The molecule has 0 amide bonds. The van der Waals surface area contributed by atoms with Crippen molar-refractivity contribution in [3.8, 4) is 73.2 Å². The Bertz CT molecular complexity index is 3460. The quantitative estimate of drug-likeness (QED) is 0.161. The van der Waals surface area contributed by atoms with E-state index in [1.54, 1.807) is 0 Å². The summed E-state index contributed by atoms with van der Waals surface area (Å²) in [6, 6.07) is 76.5. The standard InChI is InChI=1S/C57H36N4O/c1-5-15-37(16-6-1)42-25-29-45-46-30-26-43(38-17-7-2-8-18-38)35-52(46)61(51(45)34-42)50-32-28-41(44-27-31-48-47-23-13-14-24-53(47)62-54(48)36-44)33-49(50)57-59-55(39-19-9-3-10-20-39)58-56(60-57)40-21-11-4-12-22-40/h1-36H. The van der Waals surface area contributed by atoms with Gasteiger partial charge in [0, 0.05) is 38.2 Å². The van der Waals surface area contributed by atoms with Gasteiger partial charge in [-0.15, -0.1) is 0 Å². The first kappa shape index (κ1) is 35.5. The fraction of sp³-hybridized carbons (Fsp3) is 0. The number of nitrogens with zero attached hydrogens (tertiary/aromatic N) is 4. The second kappa shape index (κ2) is 14.7. The van der Waals surface area contributed by atoms with E-state index >= 15 is 0 Å². The maximum Gasteiger partial charge on any atom is 0.166 e. The van der Waals surface area contributed by atoms with Crippen LogP contribution in [0, 0.1) is 0 Å². The Balaban J connectivity index is 1.16. The first-order valence-electron chi connectivity index (χ1n) is 20.8. The van der Waals surface area contributed by atoms with E-state index in [0.29, 0.717) is 17.5 Å². The number of furan rings is 1. The molecule has 5 heteroatoms. The topological polar surface area (TPSA) is 56.7 Å². The lowest BCUT2D eigenvalue weighted by atomic mass is 9.99. The van der Waals surface area contributed by atoms with Gasteiger partial charge in [-0.25, -0.2) is 15.0 Å². The molecule has 3 heterocycles. The van der Waals surface area contributed by atoms with E-state index in [4.69, 9.17) is 19.4 Å². The van der Waals surface area contributed by atoms with E-state index in [1.807, 2.05) is 48.5 Å². The fourth-order valence-electron chi connectivity index (χ4n) is 8.82. The fourth-order valence-corrected chi connectivity index (χ4v) is 8.82. The molecular formula is C57H36N4O. The van der Waals surface area contributed by atoms with Gasteiger partial charge in [-0.3, -0.25) is 0 Å². The van der Waals surface area contributed by atoms with Gasteiger partial charge in [0.15, 0.2) is 17.5 Å². The monoisotopic (exact) mass is 792 g/mol. The molecule has 12 rings (SSSR count). The van der Waals surface area contributed by atoms with Crippen molar-refractivity contribution in [2.24, 2.45) is 0 Å². The van der Waals surface area contributed by atoms with Crippen LogP contribution in [0.5, 0.6) is 0 Å². The van der Waals surface area contributed by atoms with Crippen LogP contribution in [-0.2, 0) is 0 Å². The van der Waals surface area contributed by atoms with Crippen molar-refractivity contribution >= 4 is 43.7 Å². The summed E-state index contributed by atoms with van der Waals surface area (Å²) >= 11 is 0. The van der Waals surface area contributed by atoms with Crippen LogP contribution >= 0.6 is 0 Å². The third kappa shape index (κ3) is 6.14. The highest BCUT2D eigenvalue weighted by Gasteiger charge is 2.22.